The minimum atomic E-state index is -0.306. The largest absolute Gasteiger partial charge is 0.465 e. The Bertz CT molecular complexity index is 904. The smallest absolute Gasteiger partial charge is 0.316 e. The van der Waals surface area contributed by atoms with E-state index in [1.54, 1.807) is 18.3 Å². The third-order valence-corrected chi connectivity index (χ3v) is 6.85. The zero-order chi connectivity index (χ0) is 18.5. The zero-order valence-corrected chi connectivity index (χ0v) is 17.1. The number of carbonyl (C=O) groups excluding carboxylic acids is 2. The normalized spacial score (nSPS) is 10.7. The molecule has 0 saturated carbocycles. The molecule has 0 atom stereocenters. The molecule has 0 aliphatic rings. The summed E-state index contributed by atoms with van der Waals surface area (Å²) in [5.74, 6) is -0.409. The van der Waals surface area contributed by atoms with Crippen molar-refractivity contribution in [3.63, 3.8) is 0 Å². The molecule has 3 heterocycles. The van der Waals surface area contributed by atoms with E-state index in [9.17, 15) is 9.59 Å². The highest BCUT2D eigenvalue weighted by atomic mass is 32.2. The number of amides is 1. The maximum atomic E-state index is 12.5. The van der Waals surface area contributed by atoms with Gasteiger partial charge in [0.2, 0.25) is 5.13 Å². The quantitative estimate of drug-likeness (QED) is 0.347. The van der Waals surface area contributed by atoms with E-state index in [1.165, 1.54) is 34.4 Å². The Hall–Kier alpha value is -1.82. The van der Waals surface area contributed by atoms with Crippen molar-refractivity contribution in [3.8, 4) is 10.6 Å². The number of nitrogens with zero attached hydrogens (tertiary/aromatic N) is 3. The van der Waals surface area contributed by atoms with E-state index >= 15 is 0 Å². The number of nitrogens with one attached hydrogen (secondary N) is 1. The number of rotatable bonds is 7. The highest BCUT2D eigenvalue weighted by Crippen LogP contribution is 2.31. The molecule has 0 saturated heterocycles. The number of carbonyl (C=O) groups is 2. The van der Waals surface area contributed by atoms with E-state index in [4.69, 9.17) is 4.74 Å². The lowest BCUT2D eigenvalue weighted by Gasteiger charge is -1.98. The molecular weight excluding hydrogens is 412 g/mol. The first-order chi connectivity index (χ1) is 12.6. The summed E-state index contributed by atoms with van der Waals surface area (Å²) >= 11 is 5.37. The van der Waals surface area contributed by atoms with Gasteiger partial charge in [-0.3, -0.25) is 14.9 Å². The maximum Gasteiger partial charge on any atom is 0.316 e. The molecule has 3 aromatic heterocycles. The first kappa shape index (κ1) is 19.0. The minimum absolute atomic E-state index is 0.161. The number of hydrogen-bond acceptors (Lipinski definition) is 10. The van der Waals surface area contributed by atoms with Gasteiger partial charge in [-0.05, 0) is 25.3 Å². The van der Waals surface area contributed by atoms with Crippen LogP contribution in [0.4, 0.5) is 5.13 Å². The number of aryl methyl sites for hydroxylation is 1. The molecule has 7 nitrogen and oxygen atoms in total. The molecule has 0 aromatic carbocycles. The second-order valence-corrected chi connectivity index (χ2v) is 8.85. The van der Waals surface area contributed by atoms with E-state index in [0.29, 0.717) is 26.6 Å². The van der Waals surface area contributed by atoms with Crippen LogP contribution in [0.1, 0.15) is 22.3 Å². The lowest BCUT2D eigenvalue weighted by molar-refractivity contribution is -0.139. The molecule has 0 aliphatic carbocycles. The van der Waals surface area contributed by atoms with Crippen LogP contribution in [0.15, 0.2) is 21.2 Å². The number of anilines is 1. The molecule has 0 bridgehead atoms. The summed E-state index contributed by atoms with van der Waals surface area (Å²) in [5, 5.41) is 15.8. The molecule has 0 radical (unpaired) electrons. The number of thiophene rings is 1. The monoisotopic (exact) mass is 426 g/mol. The van der Waals surface area contributed by atoms with E-state index in [2.05, 4.69) is 20.5 Å². The Balaban J connectivity index is 1.63. The third-order valence-electron chi connectivity index (χ3n) is 3.02. The molecule has 0 fully saturated rings. The fourth-order valence-corrected chi connectivity index (χ4v) is 5.13. The van der Waals surface area contributed by atoms with Crippen LogP contribution in [0.3, 0.4) is 0 Å². The molecule has 1 amide bonds. The Morgan fingerprint density at radius 1 is 1.31 bits per heavy atom. The Morgan fingerprint density at radius 2 is 2.15 bits per heavy atom. The van der Waals surface area contributed by atoms with Gasteiger partial charge in [-0.15, -0.1) is 21.5 Å². The predicted molar refractivity (Wildman–Crippen MR) is 105 cm³/mol. The fourth-order valence-electron chi connectivity index (χ4n) is 1.91. The number of esters is 1. The van der Waals surface area contributed by atoms with E-state index in [1.807, 2.05) is 23.8 Å². The highest BCUT2D eigenvalue weighted by molar-refractivity contribution is 8.01. The van der Waals surface area contributed by atoms with Crippen LogP contribution in [0.2, 0.25) is 0 Å². The van der Waals surface area contributed by atoms with Gasteiger partial charge in [0.05, 0.1) is 18.1 Å². The number of aromatic nitrogens is 3. The summed E-state index contributed by atoms with van der Waals surface area (Å²) < 4.78 is 5.45. The molecule has 1 N–H and O–H groups in total. The second-order valence-electron chi connectivity index (χ2n) is 4.87. The third kappa shape index (κ3) is 4.67. The molecule has 0 aliphatic heterocycles. The molecule has 0 unspecified atom stereocenters. The van der Waals surface area contributed by atoms with Crippen LogP contribution in [-0.4, -0.2) is 39.4 Å². The van der Waals surface area contributed by atoms with Gasteiger partial charge in [0, 0.05) is 10.9 Å². The summed E-state index contributed by atoms with van der Waals surface area (Å²) in [6.07, 6.45) is 0. The van der Waals surface area contributed by atoms with Crippen molar-refractivity contribution in [2.24, 2.45) is 0 Å². The maximum absolute atomic E-state index is 12.5. The zero-order valence-electron chi connectivity index (χ0n) is 13.8. The van der Waals surface area contributed by atoms with Crippen molar-refractivity contribution in [2.45, 2.75) is 18.2 Å². The van der Waals surface area contributed by atoms with Crippen molar-refractivity contribution < 1.29 is 14.3 Å². The van der Waals surface area contributed by atoms with Crippen LogP contribution in [-0.2, 0) is 9.53 Å². The first-order valence-corrected chi connectivity index (χ1v) is 11.1. The van der Waals surface area contributed by atoms with E-state index in [-0.39, 0.29) is 17.6 Å². The van der Waals surface area contributed by atoms with Crippen LogP contribution in [0.25, 0.3) is 10.6 Å². The van der Waals surface area contributed by atoms with Gasteiger partial charge >= 0.3 is 5.97 Å². The topological polar surface area (TPSA) is 94.1 Å². The summed E-state index contributed by atoms with van der Waals surface area (Å²) in [5.41, 5.74) is 1.69. The van der Waals surface area contributed by atoms with Crippen molar-refractivity contribution in [3.05, 3.63) is 27.4 Å². The SMILES string of the molecule is CCOC(=O)CSc1nnc(NC(=O)c2sc(-c3ccsc3)nc2C)s1. The standard InChI is InChI=1S/C15H14N4O3S4/c1-3-22-10(20)7-24-15-19-18-14(26-15)17-12(21)11-8(2)16-13(25-11)9-4-5-23-6-9/h4-6H,3,7H2,1-2H3,(H,17,18,21). The summed E-state index contributed by atoms with van der Waals surface area (Å²) in [6.45, 7) is 3.91. The van der Waals surface area contributed by atoms with Crippen LogP contribution < -0.4 is 5.32 Å². The van der Waals surface area contributed by atoms with Crippen LogP contribution >= 0.6 is 45.8 Å². The van der Waals surface area contributed by atoms with Gasteiger partial charge in [-0.2, -0.15) is 11.3 Å². The predicted octanol–water partition coefficient (Wildman–Crippen LogP) is 3.94. The average Bonchev–Trinajstić information content (AvgIpc) is 3.33. The summed E-state index contributed by atoms with van der Waals surface area (Å²) in [6, 6.07) is 1.97. The second kappa shape index (κ2) is 8.71. The van der Waals surface area contributed by atoms with Crippen molar-refractivity contribution in [1.82, 2.24) is 15.2 Å². The van der Waals surface area contributed by atoms with Crippen molar-refractivity contribution in [1.29, 1.82) is 0 Å². The van der Waals surface area contributed by atoms with Gasteiger partial charge in [0.25, 0.3) is 5.91 Å². The molecule has 11 heteroatoms. The van der Waals surface area contributed by atoms with Gasteiger partial charge in [0.15, 0.2) is 4.34 Å². The lowest BCUT2D eigenvalue weighted by atomic mass is 10.3. The number of hydrogen-bond donors (Lipinski definition) is 1. The van der Waals surface area contributed by atoms with Crippen molar-refractivity contribution >= 4 is 62.8 Å². The van der Waals surface area contributed by atoms with Gasteiger partial charge in [-0.25, -0.2) is 4.98 Å². The lowest BCUT2D eigenvalue weighted by Crippen LogP contribution is -2.11. The molecule has 136 valence electrons. The molecular formula is C15H14N4O3S4. The van der Waals surface area contributed by atoms with E-state index in [0.717, 1.165) is 10.6 Å². The molecule has 0 spiro atoms. The molecule has 3 aromatic rings. The Labute approximate surface area is 165 Å². The first-order valence-electron chi connectivity index (χ1n) is 7.50. The fraction of sp³-hybridized carbons (Fsp3) is 0.267. The summed E-state index contributed by atoms with van der Waals surface area (Å²) in [7, 11) is 0. The average molecular weight is 427 g/mol. The van der Waals surface area contributed by atoms with E-state index < -0.39 is 0 Å². The van der Waals surface area contributed by atoms with Gasteiger partial charge in [-0.1, -0.05) is 23.1 Å². The summed E-state index contributed by atoms with van der Waals surface area (Å²) in [4.78, 5) is 28.9. The van der Waals surface area contributed by atoms with Gasteiger partial charge in [0.1, 0.15) is 9.88 Å². The highest BCUT2D eigenvalue weighted by Gasteiger charge is 2.18. The molecule has 26 heavy (non-hydrogen) atoms. The Kier molecular flexibility index (Phi) is 6.35. The molecule has 3 rings (SSSR count). The van der Waals surface area contributed by atoms with Crippen LogP contribution in [0, 0.1) is 6.92 Å². The minimum Gasteiger partial charge on any atom is -0.465 e. The Morgan fingerprint density at radius 3 is 2.88 bits per heavy atom. The number of thiazole rings is 1. The van der Waals surface area contributed by atoms with Gasteiger partial charge < -0.3 is 4.74 Å². The van der Waals surface area contributed by atoms with Crippen LogP contribution in [0.5, 0.6) is 0 Å². The van der Waals surface area contributed by atoms with Crippen molar-refractivity contribution in [2.75, 3.05) is 17.7 Å². The number of ether oxygens (including phenoxy) is 1. The number of thioether (sulfide) groups is 1.